The maximum Gasteiger partial charge on any atom is 0.220 e. The van der Waals surface area contributed by atoms with Gasteiger partial charge < -0.3 is 10.6 Å². The zero-order chi connectivity index (χ0) is 12.0. The van der Waals surface area contributed by atoms with E-state index in [2.05, 4.69) is 31.4 Å². The number of piperidine rings is 1. The molecule has 1 rings (SSSR count). The van der Waals surface area contributed by atoms with E-state index in [9.17, 15) is 4.79 Å². The summed E-state index contributed by atoms with van der Waals surface area (Å²) in [4.78, 5) is 11.7. The fourth-order valence-corrected chi connectivity index (χ4v) is 1.94. The largest absolute Gasteiger partial charge is 0.356 e. The zero-order valence-electron chi connectivity index (χ0n) is 10.9. The number of amides is 1. The van der Waals surface area contributed by atoms with Crippen molar-refractivity contribution in [3.63, 3.8) is 0 Å². The highest BCUT2D eigenvalue weighted by molar-refractivity contribution is 5.76. The molecule has 1 fully saturated rings. The van der Waals surface area contributed by atoms with Crippen molar-refractivity contribution < 1.29 is 4.79 Å². The first-order valence-corrected chi connectivity index (χ1v) is 6.57. The molecule has 1 saturated heterocycles. The number of nitrogens with one attached hydrogen (secondary N) is 2. The minimum atomic E-state index is 0.223. The van der Waals surface area contributed by atoms with Crippen LogP contribution in [0.3, 0.4) is 0 Å². The van der Waals surface area contributed by atoms with Crippen molar-refractivity contribution in [2.45, 2.75) is 40.0 Å². The second-order valence-corrected chi connectivity index (χ2v) is 5.44. The lowest BCUT2D eigenvalue weighted by atomic mass is 9.95. The van der Waals surface area contributed by atoms with Crippen molar-refractivity contribution in [1.82, 2.24) is 10.6 Å². The van der Waals surface area contributed by atoms with Crippen molar-refractivity contribution in [3.05, 3.63) is 0 Å². The lowest BCUT2D eigenvalue weighted by Gasteiger charge is -2.23. The Bertz CT molecular complexity index is 210. The molecular formula is C13H26N2O. The highest BCUT2D eigenvalue weighted by Crippen LogP contribution is 2.14. The van der Waals surface area contributed by atoms with Crippen LogP contribution in [0.5, 0.6) is 0 Å². The van der Waals surface area contributed by atoms with Crippen molar-refractivity contribution in [1.29, 1.82) is 0 Å². The molecule has 0 radical (unpaired) electrons. The molecule has 2 atom stereocenters. The predicted octanol–water partition coefficient (Wildman–Crippen LogP) is 1.78. The predicted molar refractivity (Wildman–Crippen MR) is 67.2 cm³/mol. The van der Waals surface area contributed by atoms with E-state index in [1.54, 1.807) is 0 Å². The molecule has 16 heavy (non-hydrogen) atoms. The number of hydrogen-bond acceptors (Lipinski definition) is 2. The summed E-state index contributed by atoms with van der Waals surface area (Å²) in [5.41, 5.74) is 0. The molecular weight excluding hydrogens is 200 g/mol. The summed E-state index contributed by atoms with van der Waals surface area (Å²) < 4.78 is 0. The second-order valence-electron chi connectivity index (χ2n) is 5.44. The topological polar surface area (TPSA) is 41.1 Å². The summed E-state index contributed by atoms with van der Waals surface area (Å²) >= 11 is 0. The number of carbonyl (C=O) groups is 1. The van der Waals surface area contributed by atoms with Crippen LogP contribution in [0.15, 0.2) is 0 Å². The van der Waals surface area contributed by atoms with Crippen LogP contribution in [-0.4, -0.2) is 25.5 Å². The molecule has 0 saturated carbocycles. The highest BCUT2D eigenvalue weighted by Gasteiger charge is 2.17. The molecule has 1 aliphatic heterocycles. The van der Waals surface area contributed by atoms with E-state index in [4.69, 9.17) is 0 Å². The quantitative estimate of drug-likeness (QED) is 0.750. The summed E-state index contributed by atoms with van der Waals surface area (Å²) in [6.45, 7) is 9.52. The van der Waals surface area contributed by atoms with Crippen molar-refractivity contribution >= 4 is 5.91 Å². The molecule has 1 amide bonds. The van der Waals surface area contributed by atoms with Crippen LogP contribution < -0.4 is 10.6 Å². The zero-order valence-corrected chi connectivity index (χ0v) is 10.9. The van der Waals surface area contributed by atoms with Crippen LogP contribution >= 0.6 is 0 Å². The molecule has 3 nitrogen and oxygen atoms in total. The lowest BCUT2D eigenvalue weighted by Crippen LogP contribution is -2.36. The molecule has 1 heterocycles. The molecule has 0 aromatic rings. The van der Waals surface area contributed by atoms with Gasteiger partial charge in [0.1, 0.15) is 0 Å². The van der Waals surface area contributed by atoms with E-state index in [0.717, 1.165) is 19.6 Å². The van der Waals surface area contributed by atoms with E-state index in [1.165, 1.54) is 12.8 Å². The van der Waals surface area contributed by atoms with Gasteiger partial charge in [0.05, 0.1) is 0 Å². The summed E-state index contributed by atoms with van der Waals surface area (Å²) in [5.74, 6) is 1.97. The number of hydrogen-bond donors (Lipinski definition) is 2. The van der Waals surface area contributed by atoms with Gasteiger partial charge in [-0.3, -0.25) is 4.79 Å². The first-order valence-electron chi connectivity index (χ1n) is 6.57. The van der Waals surface area contributed by atoms with Gasteiger partial charge in [-0.2, -0.15) is 0 Å². The van der Waals surface area contributed by atoms with Crippen LogP contribution in [0.1, 0.15) is 40.0 Å². The molecule has 2 unspecified atom stereocenters. The highest BCUT2D eigenvalue weighted by atomic mass is 16.1. The molecule has 3 heteroatoms. The minimum absolute atomic E-state index is 0.223. The summed E-state index contributed by atoms with van der Waals surface area (Å²) in [6.07, 6.45) is 3.10. The van der Waals surface area contributed by atoms with Gasteiger partial charge in [-0.05, 0) is 43.7 Å². The first-order chi connectivity index (χ1) is 7.59. The molecule has 0 aliphatic carbocycles. The first kappa shape index (κ1) is 13.5. The van der Waals surface area contributed by atoms with Crippen LogP contribution in [-0.2, 0) is 4.79 Å². The summed E-state index contributed by atoms with van der Waals surface area (Å²) in [7, 11) is 0. The van der Waals surface area contributed by atoms with E-state index >= 15 is 0 Å². The van der Waals surface area contributed by atoms with Gasteiger partial charge in [0.2, 0.25) is 5.91 Å². The minimum Gasteiger partial charge on any atom is -0.356 e. The van der Waals surface area contributed by atoms with Crippen molar-refractivity contribution in [2.24, 2.45) is 17.8 Å². The van der Waals surface area contributed by atoms with Gasteiger partial charge in [-0.15, -0.1) is 0 Å². The third-order valence-corrected chi connectivity index (χ3v) is 3.63. The maximum absolute atomic E-state index is 11.7. The van der Waals surface area contributed by atoms with Crippen LogP contribution in [0, 0.1) is 17.8 Å². The van der Waals surface area contributed by atoms with Crippen LogP contribution in [0.2, 0.25) is 0 Å². The fraction of sp³-hybridized carbons (Fsp3) is 0.923. The molecule has 1 aliphatic rings. The molecule has 0 spiro atoms. The van der Waals surface area contributed by atoms with E-state index in [0.29, 0.717) is 24.2 Å². The third kappa shape index (κ3) is 4.97. The molecule has 2 N–H and O–H groups in total. The number of carbonyl (C=O) groups excluding carboxylic acids is 1. The average Bonchev–Trinajstić information content (AvgIpc) is 2.27. The Morgan fingerprint density at radius 1 is 1.44 bits per heavy atom. The standard InChI is InChI=1S/C13H26N2O/c1-10(2)11(3)8-15-13(16)7-12-5-4-6-14-9-12/h10-12,14H,4-9H2,1-3H3,(H,15,16). The average molecular weight is 226 g/mol. The lowest BCUT2D eigenvalue weighted by molar-refractivity contribution is -0.122. The Hall–Kier alpha value is -0.570. The smallest absolute Gasteiger partial charge is 0.220 e. The van der Waals surface area contributed by atoms with Crippen molar-refractivity contribution in [3.8, 4) is 0 Å². The fourth-order valence-electron chi connectivity index (χ4n) is 1.94. The Morgan fingerprint density at radius 2 is 2.19 bits per heavy atom. The molecule has 0 bridgehead atoms. The third-order valence-electron chi connectivity index (χ3n) is 3.63. The van der Waals surface area contributed by atoms with Gasteiger partial charge in [-0.25, -0.2) is 0 Å². The molecule has 94 valence electrons. The Kier molecular flexibility index (Phi) is 5.81. The number of rotatable bonds is 5. The van der Waals surface area contributed by atoms with Crippen molar-refractivity contribution in [2.75, 3.05) is 19.6 Å². The Balaban J connectivity index is 2.14. The Morgan fingerprint density at radius 3 is 2.75 bits per heavy atom. The monoisotopic (exact) mass is 226 g/mol. The maximum atomic E-state index is 11.7. The van der Waals surface area contributed by atoms with Gasteiger partial charge in [-0.1, -0.05) is 20.8 Å². The van der Waals surface area contributed by atoms with Gasteiger partial charge in [0.25, 0.3) is 0 Å². The molecule has 0 aromatic heterocycles. The Labute approximate surface area is 99.4 Å². The van der Waals surface area contributed by atoms with Gasteiger partial charge in [0.15, 0.2) is 0 Å². The van der Waals surface area contributed by atoms with Crippen LogP contribution in [0.4, 0.5) is 0 Å². The van der Waals surface area contributed by atoms with Gasteiger partial charge >= 0.3 is 0 Å². The van der Waals surface area contributed by atoms with E-state index < -0.39 is 0 Å². The summed E-state index contributed by atoms with van der Waals surface area (Å²) in [6, 6.07) is 0. The summed E-state index contributed by atoms with van der Waals surface area (Å²) in [5, 5.41) is 6.39. The molecule has 0 aromatic carbocycles. The SMILES string of the molecule is CC(C)C(C)CNC(=O)CC1CCCNC1. The normalized spacial score (nSPS) is 23.1. The van der Waals surface area contributed by atoms with E-state index in [1.807, 2.05) is 0 Å². The van der Waals surface area contributed by atoms with Crippen LogP contribution in [0.25, 0.3) is 0 Å². The van der Waals surface area contributed by atoms with E-state index in [-0.39, 0.29) is 5.91 Å². The second kappa shape index (κ2) is 6.89. The van der Waals surface area contributed by atoms with Gasteiger partial charge in [0, 0.05) is 13.0 Å².